The summed E-state index contributed by atoms with van der Waals surface area (Å²) in [4.78, 5) is 6.71. The first-order valence-electron chi connectivity index (χ1n) is 8.34. The highest BCUT2D eigenvalue weighted by atomic mass is 32.2. The summed E-state index contributed by atoms with van der Waals surface area (Å²) in [6, 6.07) is 23.7. The van der Waals surface area contributed by atoms with Gasteiger partial charge in [0.2, 0.25) is 5.95 Å². The average Bonchev–Trinajstić information content (AvgIpc) is 3.10. The summed E-state index contributed by atoms with van der Waals surface area (Å²) in [5, 5.41) is 17.8. The minimum Gasteiger partial charge on any atom is -0.387 e. The standard InChI is InChI=1S/C20H18N4OS/c25-18(15-7-3-1-4-8-15)13-21-20-22-19-12-11-17(14-24(19)23-20)26-16-9-5-2-6-10-16/h1-12,14,18,25H,13H2,(H,21,23). The second-order valence-corrected chi connectivity index (χ2v) is 6.97. The second kappa shape index (κ2) is 7.59. The molecule has 2 aromatic carbocycles. The number of benzene rings is 2. The zero-order valence-corrected chi connectivity index (χ0v) is 14.8. The quantitative estimate of drug-likeness (QED) is 0.542. The average molecular weight is 362 g/mol. The van der Waals surface area contributed by atoms with Crippen LogP contribution in [0.1, 0.15) is 11.7 Å². The number of aliphatic hydroxyl groups is 1. The van der Waals surface area contributed by atoms with Crippen LogP contribution in [-0.4, -0.2) is 26.2 Å². The Morgan fingerprint density at radius 2 is 1.65 bits per heavy atom. The fourth-order valence-corrected chi connectivity index (χ4v) is 3.46. The minimum atomic E-state index is -0.605. The Balaban J connectivity index is 1.45. The summed E-state index contributed by atoms with van der Waals surface area (Å²) < 4.78 is 1.75. The number of pyridine rings is 1. The van der Waals surface area contributed by atoms with E-state index in [1.807, 2.05) is 66.9 Å². The van der Waals surface area contributed by atoms with Crippen LogP contribution in [0, 0.1) is 0 Å². The van der Waals surface area contributed by atoms with Gasteiger partial charge in [0.15, 0.2) is 5.65 Å². The lowest BCUT2D eigenvalue weighted by Crippen LogP contribution is -2.12. The van der Waals surface area contributed by atoms with Crippen LogP contribution in [0.3, 0.4) is 0 Å². The van der Waals surface area contributed by atoms with Gasteiger partial charge in [0.25, 0.3) is 0 Å². The Morgan fingerprint density at radius 1 is 0.923 bits per heavy atom. The van der Waals surface area contributed by atoms with E-state index in [4.69, 9.17) is 0 Å². The first-order chi connectivity index (χ1) is 12.8. The fourth-order valence-electron chi connectivity index (χ4n) is 2.61. The Morgan fingerprint density at radius 3 is 2.42 bits per heavy atom. The number of nitrogens with one attached hydrogen (secondary N) is 1. The number of aliphatic hydroxyl groups excluding tert-OH is 1. The summed E-state index contributed by atoms with van der Waals surface area (Å²) in [6.07, 6.45) is 1.35. The molecule has 1 atom stereocenters. The lowest BCUT2D eigenvalue weighted by atomic mass is 10.1. The van der Waals surface area contributed by atoms with E-state index in [0.29, 0.717) is 12.5 Å². The Bertz CT molecular complexity index is 989. The molecular formula is C20H18N4OS. The predicted octanol–water partition coefficient (Wildman–Crippen LogP) is 4.03. The van der Waals surface area contributed by atoms with Gasteiger partial charge in [0.05, 0.1) is 6.10 Å². The van der Waals surface area contributed by atoms with Crippen molar-refractivity contribution in [2.45, 2.75) is 15.9 Å². The zero-order chi connectivity index (χ0) is 17.8. The van der Waals surface area contributed by atoms with Crippen molar-refractivity contribution in [1.82, 2.24) is 14.6 Å². The van der Waals surface area contributed by atoms with E-state index < -0.39 is 6.10 Å². The molecule has 0 bridgehead atoms. The number of fused-ring (bicyclic) bond motifs is 1. The molecule has 1 unspecified atom stereocenters. The molecule has 2 N–H and O–H groups in total. The number of aromatic nitrogens is 3. The molecule has 0 aliphatic rings. The van der Waals surface area contributed by atoms with Crippen molar-refractivity contribution in [2.24, 2.45) is 0 Å². The molecular weight excluding hydrogens is 344 g/mol. The highest BCUT2D eigenvalue weighted by molar-refractivity contribution is 7.99. The number of hydrogen-bond acceptors (Lipinski definition) is 5. The Labute approximate surface area is 155 Å². The largest absolute Gasteiger partial charge is 0.387 e. The molecule has 0 aliphatic carbocycles. The highest BCUT2D eigenvalue weighted by Crippen LogP contribution is 2.27. The van der Waals surface area contributed by atoms with Gasteiger partial charge in [-0.05, 0) is 29.8 Å². The Hall–Kier alpha value is -2.83. The Kier molecular flexibility index (Phi) is 4.86. The van der Waals surface area contributed by atoms with Gasteiger partial charge in [-0.25, -0.2) is 4.52 Å². The first-order valence-corrected chi connectivity index (χ1v) is 9.16. The van der Waals surface area contributed by atoms with Gasteiger partial charge in [-0.3, -0.25) is 0 Å². The van der Waals surface area contributed by atoms with Gasteiger partial charge < -0.3 is 10.4 Å². The summed E-state index contributed by atoms with van der Waals surface area (Å²) in [5.74, 6) is 0.502. The maximum atomic E-state index is 10.2. The summed E-state index contributed by atoms with van der Waals surface area (Å²) >= 11 is 1.68. The molecule has 5 nitrogen and oxygen atoms in total. The molecule has 2 aromatic heterocycles. The smallest absolute Gasteiger partial charge is 0.243 e. The predicted molar refractivity (Wildman–Crippen MR) is 103 cm³/mol. The monoisotopic (exact) mass is 362 g/mol. The van der Waals surface area contributed by atoms with Crippen LogP contribution >= 0.6 is 11.8 Å². The molecule has 0 fully saturated rings. The molecule has 0 amide bonds. The SMILES string of the molecule is OC(CNc1nc2ccc(Sc3ccccc3)cn2n1)c1ccccc1. The van der Waals surface area contributed by atoms with E-state index >= 15 is 0 Å². The first kappa shape index (κ1) is 16.6. The van der Waals surface area contributed by atoms with Crippen LogP contribution in [-0.2, 0) is 0 Å². The van der Waals surface area contributed by atoms with E-state index in [2.05, 4.69) is 27.5 Å². The fraction of sp³-hybridized carbons (Fsp3) is 0.100. The maximum Gasteiger partial charge on any atom is 0.243 e. The van der Waals surface area contributed by atoms with Crippen LogP contribution in [0.5, 0.6) is 0 Å². The third-order valence-corrected chi connectivity index (χ3v) is 4.91. The van der Waals surface area contributed by atoms with E-state index in [0.717, 1.165) is 16.1 Å². The summed E-state index contributed by atoms with van der Waals surface area (Å²) in [7, 11) is 0. The van der Waals surface area contributed by atoms with Crippen molar-refractivity contribution >= 4 is 23.4 Å². The molecule has 26 heavy (non-hydrogen) atoms. The molecule has 2 heterocycles. The van der Waals surface area contributed by atoms with Crippen molar-refractivity contribution in [2.75, 3.05) is 11.9 Å². The molecule has 4 rings (SSSR count). The van der Waals surface area contributed by atoms with Crippen molar-refractivity contribution in [3.8, 4) is 0 Å². The molecule has 130 valence electrons. The van der Waals surface area contributed by atoms with Crippen LogP contribution in [0.25, 0.3) is 5.65 Å². The van der Waals surface area contributed by atoms with Gasteiger partial charge in [0, 0.05) is 22.5 Å². The van der Waals surface area contributed by atoms with Crippen LogP contribution in [0.4, 0.5) is 5.95 Å². The van der Waals surface area contributed by atoms with Crippen LogP contribution in [0.2, 0.25) is 0 Å². The van der Waals surface area contributed by atoms with Crippen molar-refractivity contribution in [3.05, 3.63) is 84.6 Å². The number of nitrogens with zero attached hydrogens (tertiary/aromatic N) is 3. The van der Waals surface area contributed by atoms with E-state index in [-0.39, 0.29) is 0 Å². The summed E-state index contributed by atoms with van der Waals surface area (Å²) in [6.45, 7) is 0.354. The number of rotatable bonds is 6. The molecule has 0 saturated carbocycles. The molecule has 0 spiro atoms. The minimum absolute atomic E-state index is 0.354. The van der Waals surface area contributed by atoms with Gasteiger partial charge in [-0.15, -0.1) is 5.10 Å². The highest BCUT2D eigenvalue weighted by Gasteiger charge is 2.09. The van der Waals surface area contributed by atoms with E-state index in [1.165, 1.54) is 4.90 Å². The van der Waals surface area contributed by atoms with Crippen LogP contribution in [0.15, 0.2) is 88.8 Å². The topological polar surface area (TPSA) is 62.5 Å². The third-order valence-electron chi connectivity index (χ3n) is 3.92. The van der Waals surface area contributed by atoms with Crippen LogP contribution < -0.4 is 5.32 Å². The van der Waals surface area contributed by atoms with E-state index in [1.54, 1.807) is 16.3 Å². The van der Waals surface area contributed by atoms with Gasteiger partial charge in [-0.1, -0.05) is 60.3 Å². The maximum absolute atomic E-state index is 10.2. The normalized spacial score (nSPS) is 12.2. The molecule has 0 aliphatic heterocycles. The zero-order valence-electron chi connectivity index (χ0n) is 14.0. The lowest BCUT2D eigenvalue weighted by Gasteiger charge is -2.10. The molecule has 0 radical (unpaired) electrons. The second-order valence-electron chi connectivity index (χ2n) is 5.83. The molecule has 4 aromatic rings. The van der Waals surface area contributed by atoms with Gasteiger partial charge >= 0.3 is 0 Å². The lowest BCUT2D eigenvalue weighted by molar-refractivity contribution is 0.191. The number of anilines is 1. The number of hydrogen-bond donors (Lipinski definition) is 2. The van der Waals surface area contributed by atoms with Gasteiger partial charge in [-0.2, -0.15) is 4.98 Å². The van der Waals surface area contributed by atoms with Gasteiger partial charge in [0.1, 0.15) is 0 Å². The molecule has 0 saturated heterocycles. The molecule has 6 heteroatoms. The third kappa shape index (κ3) is 3.87. The van der Waals surface area contributed by atoms with E-state index in [9.17, 15) is 5.11 Å². The summed E-state index contributed by atoms with van der Waals surface area (Å²) in [5.41, 5.74) is 1.63. The van der Waals surface area contributed by atoms with Crippen molar-refractivity contribution in [1.29, 1.82) is 0 Å². The van der Waals surface area contributed by atoms with Crippen molar-refractivity contribution < 1.29 is 5.11 Å². The van der Waals surface area contributed by atoms with Crippen molar-refractivity contribution in [3.63, 3.8) is 0 Å².